The van der Waals surface area contributed by atoms with Gasteiger partial charge in [0.1, 0.15) is 12.4 Å². The van der Waals surface area contributed by atoms with Gasteiger partial charge >= 0.3 is 6.18 Å². The predicted molar refractivity (Wildman–Crippen MR) is 94.3 cm³/mol. The van der Waals surface area contributed by atoms with Crippen LogP contribution in [-0.2, 0) is 11.0 Å². The average Bonchev–Trinajstić information content (AvgIpc) is 2.70. The molecule has 0 heterocycles. The van der Waals surface area contributed by atoms with Crippen molar-refractivity contribution in [1.29, 1.82) is 5.26 Å². The summed E-state index contributed by atoms with van der Waals surface area (Å²) in [5.41, 5.74) is -4.53. The highest BCUT2D eigenvalue weighted by Crippen LogP contribution is 2.38. The number of hydrogen-bond donors (Lipinski definition) is 2. The first-order valence-electron chi connectivity index (χ1n) is 7.97. The number of hydroxylamine groups is 1. The standard InChI is InChI=1S/C19H14F3N3O4/c1-18(27,11-29-14-6-3-12(10-23)4-7-14)17(26)25(28)13-5-8-16(24-2)15(9-13)19(20,21)22/h3-9,27-28H,11H2,1H3/t18-/m0/s1. The molecule has 2 N–H and O–H groups in total. The van der Waals surface area contributed by atoms with Crippen LogP contribution < -0.4 is 9.80 Å². The molecular formula is C19H14F3N3O4. The Balaban J connectivity index is 2.19. The third kappa shape index (κ3) is 5.02. The number of carbonyl (C=O) groups is 1. The van der Waals surface area contributed by atoms with Crippen LogP contribution in [0.4, 0.5) is 24.5 Å². The van der Waals surface area contributed by atoms with Gasteiger partial charge in [0.15, 0.2) is 11.3 Å². The van der Waals surface area contributed by atoms with Crippen molar-refractivity contribution in [1.82, 2.24) is 0 Å². The van der Waals surface area contributed by atoms with Crippen LogP contribution in [0.25, 0.3) is 4.85 Å². The number of nitrogens with zero attached hydrogens (tertiary/aromatic N) is 3. The lowest BCUT2D eigenvalue weighted by Gasteiger charge is -2.27. The van der Waals surface area contributed by atoms with Crippen molar-refractivity contribution >= 4 is 17.3 Å². The lowest BCUT2D eigenvalue weighted by molar-refractivity contribution is -0.143. The van der Waals surface area contributed by atoms with E-state index in [4.69, 9.17) is 16.6 Å². The molecule has 0 aliphatic rings. The lowest BCUT2D eigenvalue weighted by Crippen LogP contribution is -2.49. The molecular weight excluding hydrogens is 391 g/mol. The first kappa shape index (κ1) is 21.7. The van der Waals surface area contributed by atoms with Crippen molar-refractivity contribution in [3.8, 4) is 11.8 Å². The molecule has 29 heavy (non-hydrogen) atoms. The van der Waals surface area contributed by atoms with E-state index in [2.05, 4.69) is 4.85 Å². The van der Waals surface area contributed by atoms with Crippen LogP contribution in [0.2, 0.25) is 0 Å². The number of alkyl halides is 3. The number of carbonyl (C=O) groups excluding carboxylic acids is 1. The summed E-state index contributed by atoms with van der Waals surface area (Å²) in [6.45, 7) is 7.19. The molecule has 0 saturated carbocycles. The van der Waals surface area contributed by atoms with Gasteiger partial charge in [-0.2, -0.15) is 23.5 Å². The summed E-state index contributed by atoms with van der Waals surface area (Å²) in [6.07, 6.45) is -4.87. The maximum atomic E-state index is 13.1. The van der Waals surface area contributed by atoms with Gasteiger partial charge in [-0.15, -0.1) is 0 Å². The van der Waals surface area contributed by atoms with Crippen LogP contribution in [0, 0.1) is 17.9 Å². The maximum absolute atomic E-state index is 13.1. The highest BCUT2D eigenvalue weighted by molar-refractivity contribution is 5.97. The van der Waals surface area contributed by atoms with E-state index < -0.39 is 41.2 Å². The highest BCUT2D eigenvalue weighted by Gasteiger charge is 2.38. The monoisotopic (exact) mass is 405 g/mol. The van der Waals surface area contributed by atoms with Crippen LogP contribution in [0.5, 0.6) is 5.75 Å². The zero-order chi connectivity index (χ0) is 21.8. The summed E-state index contributed by atoms with van der Waals surface area (Å²) in [7, 11) is 0. The van der Waals surface area contributed by atoms with Crippen molar-refractivity contribution in [3.63, 3.8) is 0 Å². The zero-order valence-corrected chi connectivity index (χ0v) is 14.9. The summed E-state index contributed by atoms with van der Waals surface area (Å²) >= 11 is 0. The fourth-order valence-corrected chi connectivity index (χ4v) is 2.24. The Morgan fingerprint density at radius 3 is 2.41 bits per heavy atom. The van der Waals surface area contributed by atoms with Crippen LogP contribution in [0.3, 0.4) is 0 Å². The van der Waals surface area contributed by atoms with Gasteiger partial charge < -0.3 is 9.84 Å². The molecule has 0 spiro atoms. The molecule has 0 bridgehead atoms. The van der Waals surface area contributed by atoms with Gasteiger partial charge in [-0.25, -0.2) is 4.85 Å². The second kappa shape index (κ2) is 8.19. The Kier molecular flexibility index (Phi) is 6.12. The molecule has 7 nitrogen and oxygen atoms in total. The second-order valence-electron chi connectivity index (χ2n) is 6.13. The number of hydrogen-bond acceptors (Lipinski definition) is 5. The van der Waals surface area contributed by atoms with E-state index in [9.17, 15) is 28.3 Å². The van der Waals surface area contributed by atoms with Crippen LogP contribution in [0.15, 0.2) is 42.5 Å². The summed E-state index contributed by atoms with van der Waals surface area (Å²) in [5.74, 6) is -1.11. The van der Waals surface area contributed by atoms with Gasteiger partial charge in [-0.05, 0) is 43.3 Å². The Labute approximate surface area is 163 Å². The molecule has 0 radical (unpaired) electrons. The zero-order valence-electron chi connectivity index (χ0n) is 14.9. The van der Waals surface area contributed by atoms with E-state index in [1.54, 1.807) is 0 Å². The van der Waals surface area contributed by atoms with Crippen LogP contribution in [-0.4, -0.2) is 28.4 Å². The molecule has 0 aliphatic carbocycles. The van der Waals surface area contributed by atoms with Gasteiger partial charge in [0.05, 0.1) is 29.5 Å². The number of aliphatic hydroxyl groups is 1. The second-order valence-corrected chi connectivity index (χ2v) is 6.13. The van der Waals surface area contributed by atoms with Crippen molar-refractivity contribution in [2.24, 2.45) is 0 Å². The first-order chi connectivity index (χ1) is 13.5. The van der Waals surface area contributed by atoms with Gasteiger partial charge in [0, 0.05) is 0 Å². The molecule has 0 saturated heterocycles. The van der Waals surface area contributed by atoms with Gasteiger partial charge in [0.25, 0.3) is 5.91 Å². The van der Waals surface area contributed by atoms with E-state index in [-0.39, 0.29) is 10.8 Å². The number of amides is 1. The molecule has 0 aromatic heterocycles. The lowest BCUT2D eigenvalue weighted by atomic mass is 10.1. The Morgan fingerprint density at radius 1 is 1.28 bits per heavy atom. The fraction of sp³-hybridized carbons (Fsp3) is 0.211. The van der Waals surface area contributed by atoms with Crippen molar-refractivity contribution < 1.29 is 33.0 Å². The van der Waals surface area contributed by atoms with Crippen molar-refractivity contribution in [2.45, 2.75) is 18.7 Å². The molecule has 10 heteroatoms. The third-order valence-electron chi connectivity index (χ3n) is 3.81. The van der Waals surface area contributed by atoms with E-state index in [1.807, 2.05) is 6.07 Å². The molecule has 1 amide bonds. The van der Waals surface area contributed by atoms with E-state index in [0.29, 0.717) is 11.6 Å². The van der Waals surface area contributed by atoms with Crippen molar-refractivity contribution in [2.75, 3.05) is 11.7 Å². The highest BCUT2D eigenvalue weighted by atomic mass is 19.4. The van der Waals surface area contributed by atoms with E-state index >= 15 is 0 Å². The minimum atomic E-state index is -4.87. The Bertz CT molecular complexity index is 990. The number of benzene rings is 2. The SMILES string of the molecule is [C-]#[N+]c1ccc(N(O)C(=O)[C@@](C)(O)COc2ccc(C#N)cc2)cc1C(F)(F)F. The largest absolute Gasteiger partial charge is 0.490 e. The minimum Gasteiger partial charge on any atom is -0.490 e. The Hall–Kier alpha value is -3.60. The number of rotatable bonds is 5. The molecule has 2 rings (SSSR count). The van der Waals surface area contributed by atoms with Gasteiger partial charge in [0.2, 0.25) is 0 Å². The first-order valence-corrected chi connectivity index (χ1v) is 7.97. The molecule has 1 atom stereocenters. The predicted octanol–water partition coefficient (Wildman–Crippen LogP) is 3.68. The summed E-state index contributed by atoms with van der Waals surface area (Å²) < 4.78 is 44.4. The number of anilines is 1. The minimum absolute atomic E-state index is 0.134. The molecule has 0 aliphatic heterocycles. The van der Waals surface area contributed by atoms with E-state index in [1.165, 1.54) is 24.3 Å². The molecule has 0 unspecified atom stereocenters. The van der Waals surface area contributed by atoms with Gasteiger partial charge in [-0.1, -0.05) is 6.07 Å². The average molecular weight is 405 g/mol. The van der Waals surface area contributed by atoms with Crippen LogP contribution in [0.1, 0.15) is 18.1 Å². The van der Waals surface area contributed by atoms with Gasteiger partial charge in [-0.3, -0.25) is 10.0 Å². The molecule has 2 aromatic carbocycles. The molecule has 0 fully saturated rings. The summed E-state index contributed by atoms with van der Waals surface area (Å²) in [6, 6.07) is 9.83. The fourth-order valence-electron chi connectivity index (χ4n) is 2.24. The van der Waals surface area contributed by atoms with Crippen molar-refractivity contribution in [3.05, 3.63) is 65.0 Å². The smallest absolute Gasteiger partial charge is 0.407 e. The summed E-state index contributed by atoms with van der Waals surface area (Å²) in [4.78, 5) is 15.1. The molecule has 2 aromatic rings. The summed E-state index contributed by atoms with van der Waals surface area (Å²) in [5, 5.41) is 28.9. The topological polar surface area (TPSA) is 98.2 Å². The van der Waals surface area contributed by atoms with E-state index in [0.717, 1.165) is 19.1 Å². The number of halogens is 3. The third-order valence-corrected chi connectivity index (χ3v) is 3.81. The maximum Gasteiger partial charge on any atom is 0.407 e. The number of nitriles is 1. The Morgan fingerprint density at radius 2 is 1.90 bits per heavy atom. The molecule has 150 valence electrons. The number of ether oxygens (including phenoxy) is 1. The quantitative estimate of drug-likeness (QED) is 0.449. The van der Waals surface area contributed by atoms with Crippen LogP contribution >= 0.6 is 0 Å². The normalized spacial score (nSPS) is 13.0.